The summed E-state index contributed by atoms with van der Waals surface area (Å²) in [6.07, 6.45) is 1.54. The van der Waals surface area contributed by atoms with Crippen LogP contribution in [-0.4, -0.2) is 49.8 Å². The van der Waals surface area contributed by atoms with Crippen LogP contribution >= 0.6 is 0 Å². The highest BCUT2D eigenvalue weighted by Crippen LogP contribution is 2.04. The van der Waals surface area contributed by atoms with Gasteiger partial charge in [0.25, 0.3) is 0 Å². The molecular weight excluding hydrogens is 232 g/mol. The Morgan fingerprint density at radius 2 is 2.22 bits per heavy atom. The summed E-state index contributed by atoms with van der Waals surface area (Å²) in [5, 5.41) is 0. The molecule has 0 radical (unpaired) electrons. The van der Waals surface area contributed by atoms with Crippen LogP contribution in [0.3, 0.4) is 0 Å². The van der Waals surface area contributed by atoms with Gasteiger partial charge in [-0.05, 0) is 26.1 Å². The lowest BCUT2D eigenvalue weighted by atomic mass is 10.2. The molecule has 1 aromatic rings. The van der Waals surface area contributed by atoms with Gasteiger partial charge in [-0.25, -0.2) is 4.79 Å². The highest BCUT2D eigenvalue weighted by Gasteiger charge is 2.06. The SMILES string of the molecule is CCOCCN(C)Cc1ccc(C(=O)OC)cn1. The van der Waals surface area contributed by atoms with E-state index in [0.717, 1.165) is 25.4 Å². The maximum Gasteiger partial charge on any atom is 0.339 e. The highest BCUT2D eigenvalue weighted by atomic mass is 16.5. The van der Waals surface area contributed by atoms with E-state index >= 15 is 0 Å². The smallest absolute Gasteiger partial charge is 0.339 e. The fourth-order valence-electron chi connectivity index (χ4n) is 1.48. The van der Waals surface area contributed by atoms with E-state index in [2.05, 4.69) is 14.6 Å². The Balaban J connectivity index is 2.45. The van der Waals surface area contributed by atoms with Crippen molar-refractivity contribution in [3.8, 4) is 0 Å². The topological polar surface area (TPSA) is 51.7 Å². The van der Waals surface area contributed by atoms with Crippen LogP contribution in [0.2, 0.25) is 0 Å². The number of aromatic nitrogens is 1. The maximum atomic E-state index is 11.2. The molecule has 1 aromatic heterocycles. The molecule has 0 bridgehead atoms. The number of carbonyl (C=O) groups is 1. The van der Waals surface area contributed by atoms with E-state index in [1.54, 1.807) is 6.07 Å². The van der Waals surface area contributed by atoms with Crippen molar-refractivity contribution in [1.29, 1.82) is 0 Å². The third kappa shape index (κ3) is 4.81. The van der Waals surface area contributed by atoms with Crippen LogP contribution in [0.4, 0.5) is 0 Å². The Morgan fingerprint density at radius 3 is 2.78 bits per heavy atom. The molecule has 18 heavy (non-hydrogen) atoms. The van der Waals surface area contributed by atoms with Gasteiger partial charge in [0.2, 0.25) is 0 Å². The van der Waals surface area contributed by atoms with E-state index in [-0.39, 0.29) is 5.97 Å². The zero-order chi connectivity index (χ0) is 13.4. The number of pyridine rings is 1. The molecule has 0 spiro atoms. The Morgan fingerprint density at radius 1 is 1.44 bits per heavy atom. The second kappa shape index (κ2) is 7.79. The van der Waals surface area contributed by atoms with Crippen LogP contribution in [0.15, 0.2) is 18.3 Å². The standard InChI is InChI=1S/C13H20N2O3/c1-4-18-8-7-15(2)10-12-6-5-11(9-14-12)13(16)17-3/h5-6,9H,4,7-8,10H2,1-3H3. The lowest BCUT2D eigenvalue weighted by Crippen LogP contribution is -2.23. The van der Waals surface area contributed by atoms with Crippen LogP contribution in [0, 0.1) is 0 Å². The molecule has 0 aliphatic heterocycles. The normalized spacial score (nSPS) is 10.7. The summed E-state index contributed by atoms with van der Waals surface area (Å²) >= 11 is 0. The van der Waals surface area contributed by atoms with E-state index in [4.69, 9.17) is 4.74 Å². The zero-order valence-corrected chi connectivity index (χ0v) is 11.2. The van der Waals surface area contributed by atoms with E-state index in [1.807, 2.05) is 20.0 Å². The molecule has 0 saturated carbocycles. The number of carbonyl (C=O) groups excluding carboxylic acids is 1. The molecule has 5 nitrogen and oxygen atoms in total. The number of hydrogen-bond donors (Lipinski definition) is 0. The van der Waals surface area contributed by atoms with Crippen molar-refractivity contribution in [2.75, 3.05) is 33.9 Å². The first kappa shape index (κ1) is 14.6. The predicted octanol–water partition coefficient (Wildman–Crippen LogP) is 1.34. The van der Waals surface area contributed by atoms with Gasteiger partial charge in [-0.1, -0.05) is 0 Å². The Labute approximate surface area is 108 Å². The summed E-state index contributed by atoms with van der Waals surface area (Å²) in [6, 6.07) is 3.56. The van der Waals surface area contributed by atoms with Gasteiger partial charge in [0.05, 0.1) is 25.0 Å². The van der Waals surface area contributed by atoms with E-state index in [0.29, 0.717) is 12.2 Å². The fraction of sp³-hybridized carbons (Fsp3) is 0.538. The molecular formula is C13H20N2O3. The third-order valence-electron chi connectivity index (χ3n) is 2.50. The van der Waals surface area contributed by atoms with Crippen molar-refractivity contribution in [3.05, 3.63) is 29.6 Å². The molecule has 0 saturated heterocycles. The van der Waals surface area contributed by atoms with Crippen LogP contribution < -0.4 is 0 Å². The van der Waals surface area contributed by atoms with Gasteiger partial charge in [0.1, 0.15) is 0 Å². The van der Waals surface area contributed by atoms with Crippen LogP contribution in [0.1, 0.15) is 23.0 Å². The second-order valence-corrected chi connectivity index (χ2v) is 3.96. The number of esters is 1. The van der Waals surface area contributed by atoms with Crippen LogP contribution in [0.5, 0.6) is 0 Å². The lowest BCUT2D eigenvalue weighted by Gasteiger charge is -2.15. The number of ether oxygens (including phenoxy) is 2. The average molecular weight is 252 g/mol. The molecule has 0 aromatic carbocycles. The molecule has 5 heteroatoms. The molecule has 0 aliphatic carbocycles. The second-order valence-electron chi connectivity index (χ2n) is 3.96. The summed E-state index contributed by atoms with van der Waals surface area (Å²) in [4.78, 5) is 17.6. The molecule has 0 fully saturated rings. The minimum atomic E-state index is -0.362. The molecule has 0 N–H and O–H groups in total. The molecule has 1 rings (SSSR count). The molecule has 0 amide bonds. The molecule has 1 heterocycles. The quantitative estimate of drug-likeness (QED) is 0.541. The van der Waals surface area contributed by atoms with Crippen LogP contribution in [-0.2, 0) is 16.0 Å². The number of likely N-dealkylation sites (N-methyl/N-ethyl adjacent to an activating group) is 1. The Kier molecular flexibility index (Phi) is 6.32. The van der Waals surface area contributed by atoms with Crippen molar-refractivity contribution in [2.45, 2.75) is 13.5 Å². The van der Waals surface area contributed by atoms with E-state index < -0.39 is 0 Å². The first-order valence-corrected chi connectivity index (χ1v) is 5.97. The van der Waals surface area contributed by atoms with E-state index in [1.165, 1.54) is 13.3 Å². The minimum Gasteiger partial charge on any atom is -0.465 e. The molecule has 0 unspecified atom stereocenters. The summed E-state index contributed by atoms with van der Waals surface area (Å²) in [5.74, 6) is -0.362. The molecule has 0 atom stereocenters. The highest BCUT2D eigenvalue weighted by molar-refractivity contribution is 5.88. The van der Waals surface area contributed by atoms with Gasteiger partial charge in [0.15, 0.2) is 0 Å². The maximum absolute atomic E-state index is 11.2. The van der Waals surface area contributed by atoms with Crippen LogP contribution in [0.25, 0.3) is 0 Å². The fourth-order valence-corrected chi connectivity index (χ4v) is 1.48. The average Bonchev–Trinajstić information content (AvgIpc) is 2.39. The van der Waals surface area contributed by atoms with Gasteiger partial charge in [-0.3, -0.25) is 9.88 Å². The van der Waals surface area contributed by atoms with Crippen molar-refractivity contribution >= 4 is 5.97 Å². The number of methoxy groups -OCH3 is 1. The lowest BCUT2D eigenvalue weighted by molar-refractivity contribution is 0.0600. The third-order valence-corrected chi connectivity index (χ3v) is 2.50. The van der Waals surface area contributed by atoms with Crippen molar-refractivity contribution in [2.24, 2.45) is 0 Å². The van der Waals surface area contributed by atoms with Crippen molar-refractivity contribution in [1.82, 2.24) is 9.88 Å². The van der Waals surface area contributed by atoms with Crippen molar-refractivity contribution < 1.29 is 14.3 Å². The van der Waals surface area contributed by atoms with Gasteiger partial charge in [0, 0.05) is 25.9 Å². The number of rotatable bonds is 7. The molecule has 100 valence electrons. The Bertz CT molecular complexity index is 365. The summed E-state index contributed by atoms with van der Waals surface area (Å²) in [7, 11) is 3.37. The van der Waals surface area contributed by atoms with Gasteiger partial charge in [-0.2, -0.15) is 0 Å². The largest absolute Gasteiger partial charge is 0.465 e. The number of nitrogens with zero attached hydrogens (tertiary/aromatic N) is 2. The van der Waals surface area contributed by atoms with E-state index in [9.17, 15) is 4.79 Å². The predicted molar refractivity (Wildman–Crippen MR) is 68.4 cm³/mol. The van der Waals surface area contributed by atoms with Gasteiger partial charge < -0.3 is 9.47 Å². The minimum absolute atomic E-state index is 0.362. The summed E-state index contributed by atoms with van der Waals surface area (Å²) < 4.78 is 9.90. The van der Waals surface area contributed by atoms with Gasteiger partial charge in [-0.15, -0.1) is 0 Å². The summed E-state index contributed by atoms with van der Waals surface area (Å²) in [5.41, 5.74) is 1.39. The monoisotopic (exact) mass is 252 g/mol. The first-order chi connectivity index (χ1) is 8.67. The Hall–Kier alpha value is -1.46. The number of hydrogen-bond acceptors (Lipinski definition) is 5. The van der Waals surface area contributed by atoms with Gasteiger partial charge >= 0.3 is 5.97 Å². The van der Waals surface area contributed by atoms with Crippen molar-refractivity contribution in [3.63, 3.8) is 0 Å². The molecule has 0 aliphatic rings. The first-order valence-electron chi connectivity index (χ1n) is 5.97. The summed E-state index contributed by atoms with van der Waals surface area (Å²) in [6.45, 7) is 5.02. The zero-order valence-electron chi connectivity index (χ0n) is 11.2.